The van der Waals surface area contributed by atoms with Crippen molar-refractivity contribution in [1.29, 1.82) is 0 Å². The highest BCUT2D eigenvalue weighted by Crippen LogP contribution is 2.35. The third-order valence-corrected chi connectivity index (χ3v) is 9.56. The highest BCUT2D eigenvalue weighted by molar-refractivity contribution is 5.79. The lowest BCUT2D eigenvalue weighted by atomic mass is 9.92. The van der Waals surface area contributed by atoms with E-state index >= 15 is 0 Å². The SMILES string of the molecule is CC(C)(C)c1nc(-c2cccc(-c3nc(-c4ccccc4)nc(-c4cc(-c5ccccc5)cc(-c5nc(C(C)(C)C)nc(C(C)(C)C)n5)c4)n3)c2)nc(C(C)(C)C)n1. The van der Waals surface area contributed by atoms with Gasteiger partial charge in [-0.2, -0.15) is 0 Å². The predicted molar refractivity (Wildman–Crippen MR) is 234 cm³/mol. The zero-order valence-corrected chi connectivity index (χ0v) is 35.8. The predicted octanol–water partition coefficient (Wildman–Crippen LogP) is 11.4. The molecule has 0 saturated carbocycles. The first kappa shape index (κ1) is 40.1. The molecule has 9 heteroatoms. The zero-order chi connectivity index (χ0) is 41.6. The van der Waals surface area contributed by atoms with Crippen molar-refractivity contribution in [3.63, 3.8) is 0 Å². The molecule has 0 N–H and O–H groups in total. The van der Waals surface area contributed by atoms with Crippen molar-refractivity contribution < 1.29 is 0 Å². The maximum Gasteiger partial charge on any atom is 0.164 e. The average Bonchev–Trinajstić information content (AvgIpc) is 3.19. The molecule has 0 radical (unpaired) electrons. The molecule has 4 aromatic carbocycles. The molecule has 9 nitrogen and oxygen atoms in total. The van der Waals surface area contributed by atoms with E-state index in [1.807, 2.05) is 66.7 Å². The molecule has 58 heavy (non-hydrogen) atoms. The first-order chi connectivity index (χ1) is 27.2. The van der Waals surface area contributed by atoms with Gasteiger partial charge in [0.15, 0.2) is 29.1 Å². The Balaban J connectivity index is 1.45. The van der Waals surface area contributed by atoms with Gasteiger partial charge in [-0.1, -0.05) is 162 Å². The smallest absolute Gasteiger partial charge is 0.164 e. The molecule has 0 saturated heterocycles. The molecule has 0 unspecified atom stereocenters. The second-order valence-electron chi connectivity index (χ2n) is 19.0. The van der Waals surface area contributed by atoms with Crippen LogP contribution in [0.3, 0.4) is 0 Å². The van der Waals surface area contributed by atoms with E-state index in [-0.39, 0.29) is 21.7 Å². The molecule has 3 heterocycles. The Morgan fingerprint density at radius 2 is 0.517 bits per heavy atom. The van der Waals surface area contributed by atoms with Crippen molar-refractivity contribution in [3.8, 4) is 68.1 Å². The van der Waals surface area contributed by atoms with E-state index in [0.717, 1.165) is 62.2 Å². The summed E-state index contributed by atoms with van der Waals surface area (Å²) in [5, 5.41) is 0. The maximum atomic E-state index is 5.20. The Kier molecular flexibility index (Phi) is 10.4. The fourth-order valence-corrected chi connectivity index (χ4v) is 6.18. The van der Waals surface area contributed by atoms with E-state index in [2.05, 4.69) is 119 Å². The highest BCUT2D eigenvalue weighted by atomic mass is 15.1. The zero-order valence-electron chi connectivity index (χ0n) is 35.8. The summed E-state index contributed by atoms with van der Waals surface area (Å²) in [5.41, 5.74) is 5.15. The van der Waals surface area contributed by atoms with Crippen LogP contribution in [0.25, 0.3) is 68.1 Å². The Labute approximate surface area is 343 Å². The van der Waals surface area contributed by atoms with Crippen LogP contribution >= 0.6 is 0 Å². The quantitative estimate of drug-likeness (QED) is 0.163. The molecule has 7 rings (SSSR count). The minimum absolute atomic E-state index is 0.264. The molecule has 7 aromatic rings. The van der Waals surface area contributed by atoms with Crippen molar-refractivity contribution in [3.05, 3.63) is 126 Å². The summed E-state index contributed by atoms with van der Waals surface area (Å²) in [6.45, 7) is 25.5. The second kappa shape index (κ2) is 15.0. The Bertz CT molecular complexity index is 2530. The molecule has 0 aliphatic heterocycles. The summed E-state index contributed by atoms with van der Waals surface area (Å²) in [4.78, 5) is 45.4. The molecule has 294 valence electrons. The lowest BCUT2D eigenvalue weighted by Gasteiger charge is -2.23. The van der Waals surface area contributed by atoms with Crippen LogP contribution < -0.4 is 0 Å². The van der Waals surface area contributed by atoms with Crippen LogP contribution in [0.2, 0.25) is 0 Å². The topological polar surface area (TPSA) is 116 Å². The molecule has 0 aliphatic rings. The Morgan fingerprint density at radius 1 is 0.241 bits per heavy atom. The molecule has 0 fully saturated rings. The van der Waals surface area contributed by atoms with Crippen LogP contribution in [0.1, 0.15) is 106 Å². The van der Waals surface area contributed by atoms with Gasteiger partial charge in [-0.05, 0) is 35.4 Å². The molecule has 0 aliphatic carbocycles. The van der Waals surface area contributed by atoms with Crippen molar-refractivity contribution in [2.45, 2.75) is 105 Å². The monoisotopic (exact) mass is 767 g/mol. The van der Waals surface area contributed by atoms with Gasteiger partial charge in [0.05, 0.1) is 0 Å². The van der Waals surface area contributed by atoms with Gasteiger partial charge in [0.1, 0.15) is 23.3 Å². The van der Waals surface area contributed by atoms with Crippen molar-refractivity contribution in [1.82, 2.24) is 44.9 Å². The van der Waals surface area contributed by atoms with E-state index < -0.39 is 0 Å². The summed E-state index contributed by atoms with van der Waals surface area (Å²) in [6, 6.07) is 34.8. The summed E-state index contributed by atoms with van der Waals surface area (Å²) >= 11 is 0. The largest absolute Gasteiger partial charge is 0.217 e. The lowest BCUT2D eigenvalue weighted by Crippen LogP contribution is -2.24. The second-order valence-corrected chi connectivity index (χ2v) is 19.0. The number of benzene rings is 4. The fraction of sp³-hybridized carbons (Fsp3) is 0.327. The van der Waals surface area contributed by atoms with Crippen molar-refractivity contribution >= 4 is 0 Å². The van der Waals surface area contributed by atoms with E-state index in [9.17, 15) is 0 Å². The summed E-state index contributed by atoms with van der Waals surface area (Å²) in [5.74, 6) is 5.82. The van der Waals surface area contributed by atoms with Gasteiger partial charge in [0, 0.05) is 49.5 Å². The third-order valence-electron chi connectivity index (χ3n) is 9.56. The van der Waals surface area contributed by atoms with Gasteiger partial charge in [-0.3, -0.25) is 0 Å². The molecule has 0 amide bonds. The summed E-state index contributed by atoms with van der Waals surface area (Å²) in [6.07, 6.45) is 0. The van der Waals surface area contributed by atoms with Crippen molar-refractivity contribution in [2.24, 2.45) is 0 Å². The molecular weight excluding hydrogens is 715 g/mol. The van der Waals surface area contributed by atoms with Crippen LogP contribution in [-0.4, -0.2) is 44.9 Å². The summed E-state index contributed by atoms with van der Waals surface area (Å²) in [7, 11) is 0. The van der Waals surface area contributed by atoms with Gasteiger partial charge in [-0.25, -0.2) is 44.9 Å². The van der Waals surface area contributed by atoms with Crippen LogP contribution in [0.15, 0.2) is 103 Å². The van der Waals surface area contributed by atoms with E-state index in [0.29, 0.717) is 29.1 Å². The van der Waals surface area contributed by atoms with Gasteiger partial charge >= 0.3 is 0 Å². The standard InChI is InChI=1S/C49H53N9/c1-46(2,3)42-53-39(54-43(57-42)47(4,5)6)33-25-19-24-32(26-33)38-50-37(31-22-17-14-18-23-31)51-40(52-38)35-27-34(30-20-15-13-16-21-30)28-36(29-35)41-55-44(48(7,8)9)58-45(56-41)49(10,11)12/h13-29H,1-12H3. The number of aromatic nitrogens is 9. The number of rotatable bonds is 6. The van der Waals surface area contributed by atoms with Gasteiger partial charge in [-0.15, -0.1) is 0 Å². The first-order valence-corrected chi connectivity index (χ1v) is 19.9. The number of nitrogens with zero attached hydrogens (tertiary/aromatic N) is 9. The molecule has 0 atom stereocenters. The molecule has 0 bridgehead atoms. The maximum absolute atomic E-state index is 5.20. The minimum Gasteiger partial charge on any atom is -0.217 e. The Hall–Kier alpha value is -6.09. The van der Waals surface area contributed by atoms with E-state index in [1.165, 1.54) is 0 Å². The average molecular weight is 768 g/mol. The lowest BCUT2D eigenvalue weighted by molar-refractivity contribution is 0.497. The fourth-order valence-electron chi connectivity index (χ4n) is 6.18. The highest BCUT2D eigenvalue weighted by Gasteiger charge is 2.27. The normalized spacial score (nSPS) is 12.5. The number of hydrogen-bond acceptors (Lipinski definition) is 9. The number of hydrogen-bond donors (Lipinski definition) is 0. The van der Waals surface area contributed by atoms with Gasteiger partial charge in [0.2, 0.25) is 0 Å². The third kappa shape index (κ3) is 8.89. The van der Waals surface area contributed by atoms with Gasteiger partial charge < -0.3 is 0 Å². The minimum atomic E-state index is -0.288. The summed E-state index contributed by atoms with van der Waals surface area (Å²) < 4.78 is 0. The molecule has 3 aromatic heterocycles. The molecular formula is C49H53N9. The van der Waals surface area contributed by atoms with Crippen LogP contribution in [0.4, 0.5) is 0 Å². The van der Waals surface area contributed by atoms with E-state index in [1.54, 1.807) is 0 Å². The van der Waals surface area contributed by atoms with Crippen LogP contribution in [0, 0.1) is 0 Å². The first-order valence-electron chi connectivity index (χ1n) is 19.9. The van der Waals surface area contributed by atoms with Crippen LogP contribution in [-0.2, 0) is 21.7 Å². The van der Waals surface area contributed by atoms with Gasteiger partial charge in [0.25, 0.3) is 0 Å². The van der Waals surface area contributed by atoms with Crippen LogP contribution in [0.5, 0.6) is 0 Å². The Morgan fingerprint density at radius 3 is 0.914 bits per heavy atom. The molecule has 0 spiro atoms. The van der Waals surface area contributed by atoms with Crippen molar-refractivity contribution in [2.75, 3.05) is 0 Å². The van der Waals surface area contributed by atoms with E-state index in [4.69, 9.17) is 44.9 Å².